The Morgan fingerprint density at radius 2 is 1.78 bits per heavy atom. The molecule has 1 fully saturated rings. The number of likely N-dealkylation sites (tertiary alicyclic amines) is 1. The molecule has 2 rings (SSSR count). The highest BCUT2D eigenvalue weighted by molar-refractivity contribution is 7.92. The van der Waals surface area contributed by atoms with Crippen LogP contribution in [-0.2, 0) is 10.0 Å². The predicted molar refractivity (Wildman–Crippen MR) is 74.3 cm³/mol. The molecular weight excluding hydrogens is 248 g/mol. The van der Waals surface area contributed by atoms with Gasteiger partial charge in [0, 0.05) is 13.6 Å². The topological polar surface area (TPSA) is 40.6 Å². The Balaban J connectivity index is 1.97. The largest absolute Gasteiger partial charge is 0.302 e. The zero-order valence-electron chi connectivity index (χ0n) is 10.7. The van der Waals surface area contributed by atoms with Crippen molar-refractivity contribution in [1.29, 1.82) is 0 Å². The molecule has 18 heavy (non-hydrogen) atoms. The van der Waals surface area contributed by atoms with Gasteiger partial charge in [-0.1, -0.05) is 18.2 Å². The van der Waals surface area contributed by atoms with Crippen molar-refractivity contribution in [2.45, 2.75) is 12.8 Å². The molecule has 1 heterocycles. The van der Waals surface area contributed by atoms with E-state index in [2.05, 4.69) is 4.90 Å². The van der Waals surface area contributed by atoms with E-state index < -0.39 is 10.0 Å². The van der Waals surface area contributed by atoms with Gasteiger partial charge in [0.05, 0.1) is 11.4 Å². The Morgan fingerprint density at radius 3 is 2.39 bits per heavy atom. The molecular formula is C13H20N2O2S. The van der Waals surface area contributed by atoms with Crippen LogP contribution in [0.25, 0.3) is 0 Å². The molecule has 0 spiro atoms. The fourth-order valence-corrected chi connectivity index (χ4v) is 3.39. The minimum Gasteiger partial charge on any atom is -0.302 e. The Bertz CT molecular complexity index is 467. The van der Waals surface area contributed by atoms with Crippen LogP contribution in [0.2, 0.25) is 0 Å². The lowest BCUT2D eigenvalue weighted by atomic mass is 10.3. The average molecular weight is 268 g/mol. The van der Waals surface area contributed by atoms with Gasteiger partial charge in [-0.2, -0.15) is 0 Å². The summed E-state index contributed by atoms with van der Waals surface area (Å²) in [5.74, 6) is 0.193. The Kier molecular flexibility index (Phi) is 4.24. The summed E-state index contributed by atoms with van der Waals surface area (Å²) in [6.45, 7) is 2.70. The number of anilines is 1. The maximum absolute atomic E-state index is 12.2. The first-order chi connectivity index (χ1) is 8.59. The van der Waals surface area contributed by atoms with E-state index >= 15 is 0 Å². The van der Waals surface area contributed by atoms with Crippen molar-refractivity contribution < 1.29 is 8.42 Å². The van der Waals surface area contributed by atoms with Crippen molar-refractivity contribution in [3.63, 3.8) is 0 Å². The van der Waals surface area contributed by atoms with Gasteiger partial charge >= 0.3 is 0 Å². The van der Waals surface area contributed by atoms with Gasteiger partial charge in [-0.25, -0.2) is 8.42 Å². The molecule has 5 heteroatoms. The van der Waals surface area contributed by atoms with E-state index in [0.29, 0.717) is 6.54 Å². The molecule has 1 aliphatic rings. The van der Waals surface area contributed by atoms with Gasteiger partial charge in [-0.15, -0.1) is 0 Å². The van der Waals surface area contributed by atoms with E-state index in [9.17, 15) is 8.42 Å². The number of sulfonamides is 1. The molecule has 0 radical (unpaired) electrons. The number of hydrogen-bond donors (Lipinski definition) is 0. The highest BCUT2D eigenvalue weighted by Crippen LogP contribution is 2.16. The number of nitrogens with zero attached hydrogens (tertiary/aromatic N) is 2. The van der Waals surface area contributed by atoms with Crippen molar-refractivity contribution in [2.24, 2.45) is 0 Å². The summed E-state index contributed by atoms with van der Waals surface area (Å²) in [7, 11) is -1.59. The molecule has 0 aliphatic carbocycles. The normalized spacial score (nSPS) is 16.9. The maximum atomic E-state index is 12.2. The molecule has 1 saturated heterocycles. The lowest BCUT2D eigenvalue weighted by molar-refractivity contribution is 0.359. The first kappa shape index (κ1) is 13.4. The summed E-state index contributed by atoms with van der Waals surface area (Å²) < 4.78 is 25.8. The minimum absolute atomic E-state index is 0.193. The van der Waals surface area contributed by atoms with Gasteiger partial charge in [0.25, 0.3) is 0 Å². The molecule has 1 aliphatic heterocycles. The van der Waals surface area contributed by atoms with E-state index in [1.54, 1.807) is 7.05 Å². The zero-order valence-corrected chi connectivity index (χ0v) is 11.6. The maximum Gasteiger partial charge on any atom is 0.236 e. The number of hydrogen-bond acceptors (Lipinski definition) is 3. The smallest absolute Gasteiger partial charge is 0.236 e. The number of benzene rings is 1. The summed E-state index contributed by atoms with van der Waals surface area (Å²) in [5, 5.41) is 0. The Morgan fingerprint density at radius 1 is 1.17 bits per heavy atom. The average Bonchev–Trinajstić information content (AvgIpc) is 2.90. The van der Waals surface area contributed by atoms with Crippen molar-refractivity contribution in [3.8, 4) is 0 Å². The second-order valence-electron chi connectivity index (χ2n) is 4.67. The first-order valence-electron chi connectivity index (χ1n) is 6.33. The molecule has 1 aromatic carbocycles. The van der Waals surface area contributed by atoms with E-state index in [4.69, 9.17) is 0 Å². The highest BCUT2D eigenvalue weighted by atomic mass is 32.2. The third kappa shape index (κ3) is 3.23. The fourth-order valence-electron chi connectivity index (χ4n) is 2.19. The molecule has 0 aromatic heterocycles. The molecule has 1 aromatic rings. The van der Waals surface area contributed by atoms with Gasteiger partial charge in [-0.3, -0.25) is 4.31 Å². The predicted octanol–water partition coefficient (Wildman–Crippen LogP) is 1.55. The summed E-state index contributed by atoms with van der Waals surface area (Å²) in [4.78, 5) is 2.22. The third-order valence-electron chi connectivity index (χ3n) is 3.40. The SMILES string of the molecule is CN(c1ccccc1)S(=O)(=O)CCN1CCCC1. The summed E-state index contributed by atoms with van der Waals surface area (Å²) in [6, 6.07) is 9.21. The fraction of sp³-hybridized carbons (Fsp3) is 0.538. The van der Waals surface area contributed by atoms with Crippen LogP contribution in [0.3, 0.4) is 0 Å². The second kappa shape index (κ2) is 5.71. The number of para-hydroxylation sites is 1. The first-order valence-corrected chi connectivity index (χ1v) is 7.94. The summed E-state index contributed by atoms with van der Waals surface area (Å²) in [6.07, 6.45) is 2.38. The Labute approximate surface area is 109 Å². The second-order valence-corrected chi connectivity index (χ2v) is 6.79. The summed E-state index contributed by atoms with van der Waals surface area (Å²) in [5.41, 5.74) is 0.721. The standard InChI is InChI=1S/C13H20N2O2S/c1-14(13-7-3-2-4-8-13)18(16,17)12-11-15-9-5-6-10-15/h2-4,7-8H,5-6,9-12H2,1H3. The van der Waals surface area contributed by atoms with E-state index in [0.717, 1.165) is 18.8 Å². The van der Waals surface area contributed by atoms with E-state index in [1.807, 2.05) is 30.3 Å². The van der Waals surface area contributed by atoms with Crippen LogP contribution >= 0.6 is 0 Å². The molecule has 0 saturated carbocycles. The zero-order chi connectivity index (χ0) is 13.0. The monoisotopic (exact) mass is 268 g/mol. The van der Waals surface area contributed by atoms with Gasteiger partial charge in [0.15, 0.2) is 0 Å². The lowest BCUT2D eigenvalue weighted by Crippen LogP contribution is -2.34. The molecule has 100 valence electrons. The molecule has 0 N–H and O–H groups in total. The quantitative estimate of drug-likeness (QED) is 0.813. The molecule has 0 bridgehead atoms. The van der Waals surface area contributed by atoms with E-state index in [-0.39, 0.29) is 5.75 Å². The van der Waals surface area contributed by atoms with Gasteiger partial charge in [-0.05, 0) is 38.1 Å². The Hall–Kier alpha value is -1.07. The minimum atomic E-state index is -3.21. The lowest BCUT2D eigenvalue weighted by Gasteiger charge is -2.21. The third-order valence-corrected chi connectivity index (χ3v) is 5.15. The highest BCUT2D eigenvalue weighted by Gasteiger charge is 2.20. The van der Waals surface area contributed by atoms with Crippen molar-refractivity contribution in [1.82, 2.24) is 4.90 Å². The summed E-state index contributed by atoms with van der Waals surface area (Å²) >= 11 is 0. The van der Waals surface area contributed by atoms with Gasteiger partial charge in [0.1, 0.15) is 0 Å². The van der Waals surface area contributed by atoms with Crippen molar-refractivity contribution in [2.75, 3.05) is 36.7 Å². The van der Waals surface area contributed by atoms with E-state index in [1.165, 1.54) is 17.1 Å². The van der Waals surface area contributed by atoms with Crippen LogP contribution < -0.4 is 4.31 Å². The van der Waals surface area contributed by atoms with Gasteiger partial charge in [0.2, 0.25) is 10.0 Å². The molecule has 4 nitrogen and oxygen atoms in total. The van der Waals surface area contributed by atoms with Crippen LogP contribution in [0.5, 0.6) is 0 Å². The van der Waals surface area contributed by atoms with Crippen LogP contribution in [0.15, 0.2) is 30.3 Å². The van der Waals surface area contributed by atoms with Crippen molar-refractivity contribution >= 4 is 15.7 Å². The molecule has 0 amide bonds. The van der Waals surface area contributed by atoms with Gasteiger partial charge < -0.3 is 4.90 Å². The number of rotatable bonds is 5. The van der Waals surface area contributed by atoms with Crippen LogP contribution in [0.1, 0.15) is 12.8 Å². The van der Waals surface area contributed by atoms with Crippen LogP contribution in [0, 0.1) is 0 Å². The van der Waals surface area contributed by atoms with Crippen molar-refractivity contribution in [3.05, 3.63) is 30.3 Å². The molecule has 0 atom stereocenters. The van der Waals surface area contributed by atoms with Crippen LogP contribution in [0.4, 0.5) is 5.69 Å². The van der Waals surface area contributed by atoms with Crippen LogP contribution in [-0.4, -0.2) is 45.8 Å². The molecule has 0 unspecified atom stereocenters.